The molecule has 0 saturated heterocycles. The molecule has 3 aromatic rings. The quantitative estimate of drug-likeness (QED) is 0.740. The lowest BCUT2D eigenvalue weighted by Gasteiger charge is -2.12. The van der Waals surface area contributed by atoms with Crippen LogP contribution in [0.3, 0.4) is 0 Å². The van der Waals surface area contributed by atoms with Crippen LogP contribution in [0.4, 0.5) is 14.6 Å². The summed E-state index contributed by atoms with van der Waals surface area (Å²) < 4.78 is 28.1. The predicted octanol–water partition coefficient (Wildman–Crippen LogP) is 2.85. The lowest BCUT2D eigenvalue weighted by Crippen LogP contribution is -2.22. The molecule has 5 heteroatoms. The van der Waals surface area contributed by atoms with Crippen molar-refractivity contribution in [1.29, 1.82) is 0 Å². The minimum Gasteiger partial charge on any atom is -0.385 e. The van der Waals surface area contributed by atoms with Crippen molar-refractivity contribution in [2.75, 3.05) is 5.73 Å². The largest absolute Gasteiger partial charge is 0.385 e. The van der Waals surface area contributed by atoms with Gasteiger partial charge in [0, 0.05) is 11.5 Å². The van der Waals surface area contributed by atoms with Gasteiger partial charge in [0.05, 0.1) is 5.69 Å². The molecule has 0 saturated carbocycles. The normalized spacial score (nSPS) is 10.9. The Labute approximate surface area is 112 Å². The van der Waals surface area contributed by atoms with Gasteiger partial charge in [-0.15, -0.1) is 0 Å². The molecule has 1 aromatic heterocycles. The summed E-state index contributed by atoms with van der Waals surface area (Å²) >= 11 is 0. The summed E-state index contributed by atoms with van der Waals surface area (Å²) in [6.45, 7) is 0. The third-order valence-corrected chi connectivity index (χ3v) is 3.10. The lowest BCUT2D eigenvalue weighted by atomic mass is 10.1. The highest BCUT2D eigenvalue weighted by Gasteiger charge is 2.13. The Morgan fingerprint density at radius 3 is 2.55 bits per heavy atom. The van der Waals surface area contributed by atoms with Gasteiger partial charge in [-0.3, -0.25) is 9.36 Å². The van der Waals surface area contributed by atoms with Crippen LogP contribution in [0.5, 0.6) is 0 Å². The Kier molecular flexibility index (Phi) is 2.75. The molecule has 0 atom stereocenters. The van der Waals surface area contributed by atoms with E-state index in [4.69, 9.17) is 5.73 Å². The van der Waals surface area contributed by atoms with Crippen molar-refractivity contribution in [2.24, 2.45) is 0 Å². The van der Waals surface area contributed by atoms with E-state index in [1.54, 1.807) is 30.3 Å². The molecule has 0 bridgehead atoms. The van der Waals surface area contributed by atoms with Crippen LogP contribution < -0.4 is 11.3 Å². The third-order valence-electron chi connectivity index (χ3n) is 3.10. The van der Waals surface area contributed by atoms with Crippen molar-refractivity contribution in [3.63, 3.8) is 0 Å². The Hall–Kier alpha value is -2.69. The average Bonchev–Trinajstić information content (AvgIpc) is 2.42. The zero-order valence-corrected chi connectivity index (χ0v) is 10.3. The number of benzene rings is 2. The molecule has 3 nitrogen and oxygen atoms in total. The topological polar surface area (TPSA) is 48.0 Å². The Bertz CT molecular complexity index is 871. The van der Waals surface area contributed by atoms with Crippen molar-refractivity contribution in [3.05, 3.63) is 70.5 Å². The number of nitrogens with two attached hydrogens (primary N) is 1. The number of pyridine rings is 1. The van der Waals surface area contributed by atoms with Crippen LogP contribution >= 0.6 is 0 Å². The summed E-state index contributed by atoms with van der Waals surface area (Å²) in [6, 6.07) is 11.3. The van der Waals surface area contributed by atoms with E-state index in [-0.39, 0.29) is 11.5 Å². The Morgan fingerprint density at radius 2 is 1.75 bits per heavy atom. The highest BCUT2D eigenvalue weighted by Crippen LogP contribution is 2.20. The molecule has 100 valence electrons. The van der Waals surface area contributed by atoms with Crippen molar-refractivity contribution in [3.8, 4) is 5.69 Å². The van der Waals surface area contributed by atoms with E-state index in [1.807, 2.05) is 0 Å². The zero-order chi connectivity index (χ0) is 14.3. The number of aromatic nitrogens is 1. The standard InChI is InChI=1S/C15H10F2N2O/c16-10-5-6-12(17)13(8-10)19-14(18)7-9-3-1-2-4-11(9)15(19)20/h1-8H,18H2. The molecular weight excluding hydrogens is 262 g/mol. The van der Waals surface area contributed by atoms with Gasteiger partial charge < -0.3 is 5.73 Å². The van der Waals surface area contributed by atoms with E-state index < -0.39 is 17.2 Å². The third kappa shape index (κ3) is 1.84. The van der Waals surface area contributed by atoms with Crippen molar-refractivity contribution >= 4 is 16.6 Å². The van der Waals surface area contributed by atoms with Gasteiger partial charge in [0.2, 0.25) is 0 Å². The summed E-state index contributed by atoms with van der Waals surface area (Å²) in [5, 5.41) is 1.05. The first-order valence-electron chi connectivity index (χ1n) is 5.93. The highest BCUT2D eigenvalue weighted by atomic mass is 19.1. The molecule has 20 heavy (non-hydrogen) atoms. The number of nitrogen functional groups attached to an aromatic ring is 1. The first-order chi connectivity index (χ1) is 9.58. The number of rotatable bonds is 1. The summed E-state index contributed by atoms with van der Waals surface area (Å²) in [4.78, 5) is 12.4. The fourth-order valence-electron chi connectivity index (χ4n) is 2.18. The molecule has 2 aromatic carbocycles. The van der Waals surface area contributed by atoms with E-state index in [2.05, 4.69) is 0 Å². The minimum absolute atomic E-state index is 0.0539. The second-order valence-electron chi connectivity index (χ2n) is 4.39. The van der Waals surface area contributed by atoms with Crippen molar-refractivity contribution in [1.82, 2.24) is 4.57 Å². The van der Waals surface area contributed by atoms with Gasteiger partial charge in [0.25, 0.3) is 5.56 Å². The molecular formula is C15H10F2N2O. The summed E-state index contributed by atoms with van der Waals surface area (Å²) in [7, 11) is 0. The van der Waals surface area contributed by atoms with Gasteiger partial charge in [-0.1, -0.05) is 18.2 Å². The highest BCUT2D eigenvalue weighted by molar-refractivity contribution is 5.84. The number of halogens is 2. The number of hydrogen-bond acceptors (Lipinski definition) is 2. The minimum atomic E-state index is -0.713. The van der Waals surface area contributed by atoms with Gasteiger partial charge in [0.15, 0.2) is 0 Å². The van der Waals surface area contributed by atoms with Crippen LogP contribution in [-0.2, 0) is 0 Å². The monoisotopic (exact) mass is 272 g/mol. The fraction of sp³-hybridized carbons (Fsp3) is 0. The van der Waals surface area contributed by atoms with Gasteiger partial charge in [-0.05, 0) is 29.7 Å². The molecule has 0 aliphatic rings. The fourth-order valence-corrected chi connectivity index (χ4v) is 2.18. The van der Waals surface area contributed by atoms with Crippen LogP contribution in [0.1, 0.15) is 0 Å². The van der Waals surface area contributed by atoms with Crippen LogP contribution in [0, 0.1) is 11.6 Å². The second-order valence-corrected chi connectivity index (χ2v) is 4.39. The first kappa shape index (κ1) is 12.3. The summed E-state index contributed by atoms with van der Waals surface area (Å²) in [6.07, 6.45) is 0. The Morgan fingerprint density at radius 1 is 1.00 bits per heavy atom. The van der Waals surface area contributed by atoms with Crippen LogP contribution in [0.15, 0.2) is 53.3 Å². The molecule has 3 rings (SSSR count). The maximum Gasteiger partial charge on any atom is 0.264 e. The molecule has 1 heterocycles. The summed E-state index contributed by atoms with van der Waals surface area (Å²) in [5.41, 5.74) is 5.13. The number of hydrogen-bond donors (Lipinski definition) is 1. The van der Waals surface area contributed by atoms with Crippen LogP contribution in [0.2, 0.25) is 0 Å². The lowest BCUT2D eigenvalue weighted by molar-refractivity contribution is 0.592. The summed E-state index contributed by atoms with van der Waals surface area (Å²) in [5.74, 6) is -1.30. The van der Waals surface area contributed by atoms with Gasteiger partial charge in [-0.25, -0.2) is 8.78 Å². The van der Waals surface area contributed by atoms with Crippen molar-refractivity contribution < 1.29 is 8.78 Å². The van der Waals surface area contributed by atoms with Crippen molar-refractivity contribution in [2.45, 2.75) is 0 Å². The molecule has 0 aliphatic carbocycles. The van der Waals surface area contributed by atoms with E-state index >= 15 is 0 Å². The molecule has 0 fully saturated rings. The maximum atomic E-state index is 13.8. The average molecular weight is 272 g/mol. The number of anilines is 1. The smallest absolute Gasteiger partial charge is 0.264 e. The molecule has 2 N–H and O–H groups in total. The maximum absolute atomic E-state index is 13.8. The van der Waals surface area contributed by atoms with E-state index in [0.717, 1.165) is 22.8 Å². The second kappa shape index (κ2) is 4.45. The van der Waals surface area contributed by atoms with E-state index in [9.17, 15) is 13.6 Å². The van der Waals surface area contributed by atoms with Crippen LogP contribution in [-0.4, -0.2) is 4.57 Å². The Balaban J connectivity index is 2.42. The SMILES string of the molecule is Nc1cc2ccccc2c(=O)n1-c1cc(F)ccc1F. The zero-order valence-electron chi connectivity index (χ0n) is 10.3. The van der Waals surface area contributed by atoms with E-state index in [1.165, 1.54) is 0 Å². The van der Waals surface area contributed by atoms with Gasteiger partial charge in [-0.2, -0.15) is 0 Å². The molecule has 0 aliphatic heterocycles. The number of fused-ring (bicyclic) bond motifs is 1. The molecule has 0 amide bonds. The van der Waals surface area contributed by atoms with Crippen LogP contribution in [0.25, 0.3) is 16.5 Å². The number of nitrogens with zero attached hydrogens (tertiary/aromatic N) is 1. The van der Waals surface area contributed by atoms with Gasteiger partial charge in [0.1, 0.15) is 17.5 Å². The molecule has 0 spiro atoms. The van der Waals surface area contributed by atoms with E-state index in [0.29, 0.717) is 10.8 Å². The van der Waals surface area contributed by atoms with Gasteiger partial charge >= 0.3 is 0 Å². The first-order valence-corrected chi connectivity index (χ1v) is 5.93. The predicted molar refractivity (Wildman–Crippen MR) is 73.9 cm³/mol. The molecule has 0 unspecified atom stereocenters. The molecule has 0 radical (unpaired) electrons.